The van der Waals surface area contributed by atoms with Gasteiger partial charge in [0.15, 0.2) is 5.16 Å². The molecule has 0 unspecified atom stereocenters. The molecule has 0 aliphatic heterocycles. The van der Waals surface area contributed by atoms with Crippen molar-refractivity contribution < 1.29 is 4.74 Å². The van der Waals surface area contributed by atoms with Crippen molar-refractivity contribution in [2.75, 3.05) is 19.5 Å². The third-order valence-corrected chi connectivity index (χ3v) is 4.91. The minimum absolute atomic E-state index is 0.693. The number of aryl methyl sites for hydroxylation is 2. The van der Waals surface area contributed by atoms with E-state index in [0.29, 0.717) is 6.61 Å². The Morgan fingerprint density at radius 2 is 1.84 bits per heavy atom. The molecule has 0 saturated heterocycles. The summed E-state index contributed by atoms with van der Waals surface area (Å²) in [4.78, 5) is 0. The lowest BCUT2D eigenvalue weighted by Crippen LogP contribution is -2.06. The van der Waals surface area contributed by atoms with Crippen molar-refractivity contribution in [3.8, 4) is 5.69 Å². The zero-order valence-corrected chi connectivity index (χ0v) is 15.7. The van der Waals surface area contributed by atoms with Crippen molar-refractivity contribution in [1.82, 2.24) is 14.8 Å². The van der Waals surface area contributed by atoms with E-state index in [2.05, 4.69) is 71.1 Å². The van der Waals surface area contributed by atoms with Crippen LogP contribution in [0.5, 0.6) is 0 Å². The summed E-state index contributed by atoms with van der Waals surface area (Å²) in [5.41, 5.74) is 4.85. The van der Waals surface area contributed by atoms with Crippen molar-refractivity contribution in [2.45, 2.75) is 25.4 Å². The highest BCUT2D eigenvalue weighted by atomic mass is 32.2. The van der Waals surface area contributed by atoms with Crippen LogP contribution in [0.4, 0.5) is 0 Å². The molecule has 3 rings (SSSR count). The Kier molecular flexibility index (Phi) is 5.89. The van der Waals surface area contributed by atoms with Crippen molar-refractivity contribution in [1.29, 1.82) is 0 Å². The molecule has 3 aromatic rings. The Morgan fingerprint density at radius 1 is 1.04 bits per heavy atom. The van der Waals surface area contributed by atoms with Gasteiger partial charge in [0.05, 0.1) is 12.3 Å². The topological polar surface area (TPSA) is 39.9 Å². The van der Waals surface area contributed by atoms with Gasteiger partial charge in [-0.15, -0.1) is 10.2 Å². The van der Waals surface area contributed by atoms with E-state index in [4.69, 9.17) is 4.74 Å². The molecular weight excluding hydrogens is 330 g/mol. The molecule has 130 valence electrons. The first-order valence-electron chi connectivity index (χ1n) is 8.36. The van der Waals surface area contributed by atoms with Gasteiger partial charge in [-0.1, -0.05) is 59.8 Å². The summed E-state index contributed by atoms with van der Waals surface area (Å²) in [5, 5.41) is 9.84. The van der Waals surface area contributed by atoms with E-state index in [0.717, 1.165) is 28.8 Å². The number of nitrogens with zero attached hydrogens (tertiary/aromatic N) is 3. The SMILES string of the molecule is COCCSc1nnc(Cc2ccccc2)n1-c1ccc(C)cc1C. The van der Waals surface area contributed by atoms with Crippen LogP contribution in [-0.2, 0) is 11.2 Å². The van der Waals surface area contributed by atoms with E-state index in [1.165, 1.54) is 16.7 Å². The normalized spacial score (nSPS) is 11.0. The largest absolute Gasteiger partial charge is 0.384 e. The fourth-order valence-corrected chi connectivity index (χ4v) is 3.67. The molecule has 0 radical (unpaired) electrons. The van der Waals surface area contributed by atoms with Crippen LogP contribution in [-0.4, -0.2) is 34.2 Å². The maximum atomic E-state index is 5.17. The molecule has 0 aliphatic rings. The van der Waals surface area contributed by atoms with E-state index in [9.17, 15) is 0 Å². The highest BCUT2D eigenvalue weighted by Crippen LogP contribution is 2.26. The molecule has 0 spiro atoms. The average molecular weight is 353 g/mol. The Bertz CT molecular complexity index is 830. The van der Waals surface area contributed by atoms with Crippen molar-refractivity contribution >= 4 is 11.8 Å². The molecule has 1 heterocycles. The summed E-state index contributed by atoms with van der Waals surface area (Å²) in [5.74, 6) is 1.81. The lowest BCUT2D eigenvalue weighted by molar-refractivity contribution is 0.218. The molecular formula is C20H23N3OS. The lowest BCUT2D eigenvalue weighted by Gasteiger charge is -2.13. The van der Waals surface area contributed by atoms with Crippen LogP contribution >= 0.6 is 11.8 Å². The molecule has 0 atom stereocenters. The number of hydrogen-bond donors (Lipinski definition) is 0. The van der Waals surface area contributed by atoms with Gasteiger partial charge in [-0.25, -0.2) is 0 Å². The van der Waals surface area contributed by atoms with Gasteiger partial charge in [-0.2, -0.15) is 0 Å². The van der Waals surface area contributed by atoms with Crippen LogP contribution in [0.2, 0.25) is 0 Å². The predicted molar refractivity (Wildman–Crippen MR) is 103 cm³/mol. The average Bonchev–Trinajstić information content (AvgIpc) is 2.99. The van der Waals surface area contributed by atoms with Gasteiger partial charge in [0.2, 0.25) is 0 Å². The standard InChI is InChI=1S/C20H23N3OS/c1-15-9-10-18(16(2)13-15)23-19(14-17-7-5-4-6-8-17)21-22-20(23)25-12-11-24-3/h4-10,13H,11-12,14H2,1-3H3. The van der Waals surface area contributed by atoms with Crippen LogP contribution in [0, 0.1) is 13.8 Å². The summed E-state index contributed by atoms with van der Waals surface area (Å²) in [6.45, 7) is 4.94. The van der Waals surface area contributed by atoms with Crippen LogP contribution in [0.3, 0.4) is 0 Å². The molecule has 0 aliphatic carbocycles. The first-order chi connectivity index (χ1) is 12.2. The van der Waals surface area contributed by atoms with E-state index in [1.807, 2.05) is 6.07 Å². The van der Waals surface area contributed by atoms with Crippen LogP contribution in [0.1, 0.15) is 22.5 Å². The third-order valence-electron chi connectivity index (χ3n) is 4.02. The quantitative estimate of drug-likeness (QED) is 0.471. The maximum absolute atomic E-state index is 5.17. The highest BCUT2D eigenvalue weighted by Gasteiger charge is 2.16. The summed E-state index contributed by atoms with van der Waals surface area (Å²) < 4.78 is 7.36. The molecule has 1 aromatic heterocycles. The number of hydrogen-bond acceptors (Lipinski definition) is 4. The highest BCUT2D eigenvalue weighted by molar-refractivity contribution is 7.99. The number of aromatic nitrogens is 3. The lowest BCUT2D eigenvalue weighted by atomic mass is 10.1. The predicted octanol–water partition coefficient (Wildman–Crippen LogP) is 4.21. The molecule has 4 nitrogen and oxygen atoms in total. The minimum Gasteiger partial charge on any atom is -0.384 e. The summed E-state index contributed by atoms with van der Waals surface area (Å²) in [7, 11) is 1.72. The van der Waals surface area contributed by atoms with Gasteiger partial charge in [0.1, 0.15) is 5.82 Å². The zero-order valence-electron chi connectivity index (χ0n) is 14.9. The summed E-state index contributed by atoms with van der Waals surface area (Å²) in [6.07, 6.45) is 0.756. The van der Waals surface area contributed by atoms with E-state index < -0.39 is 0 Å². The number of methoxy groups -OCH3 is 1. The molecule has 0 N–H and O–H groups in total. The second-order valence-electron chi connectivity index (χ2n) is 6.03. The van der Waals surface area contributed by atoms with Crippen molar-refractivity contribution in [2.24, 2.45) is 0 Å². The molecule has 25 heavy (non-hydrogen) atoms. The first kappa shape index (κ1) is 17.7. The fourth-order valence-electron chi connectivity index (χ4n) is 2.80. The molecule has 2 aromatic carbocycles. The molecule has 0 bridgehead atoms. The second kappa shape index (κ2) is 8.32. The molecule has 0 saturated carbocycles. The van der Waals surface area contributed by atoms with Gasteiger partial charge >= 0.3 is 0 Å². The Labute approximate surface area is 153 Å². The number of rotatable bonds is 7. The Morgan fingerprint density at radius 3 is 2.56 bits per heavy atom. The van der Waals surface area contributed by atoms with Crippen LogP contribution in [0.25, 0.3) is 5.69 Å². The van der Waals surface area contributed by atoms with E-state index in [1.54, 1.807) is 18.9 Å². The minimum atomic E-state index is 0.693. The van der Waals surface area contributed by atoms with Gasteiger partial charge in [-0.05, 0) is 31.0 Å². The zero-order chi connectivity index (χ0) is 17.6. The third kappa shape index (κ3) is 4.30. The van der Waals surface area contributed by atoms with Crippen LogP contribution in [0.15, 0.2) is 53.7 Å². The maximum Gasteiger partial charge on any atom is 0.195 e. The smallest absolute Gasteiger partial charge is 0.195 e. The molecule has 0 fully saturated rings. The molecule has 5 heteroatoms. The number of ether oxygens (including phenoxy) is 1. The second-order valence-corrected chi connectivity index (χ2v) is 7.09. The monoisotopic (exact) mass is 353 g/mol. The Balaban J connectivity index is 2.00. The van der Waals surface area contributed by atoms with Crippen molar-refractivity contribution in [3.63, 3.8) is 0 Å². The van der Waals surface area contributed by atoms with E-state index in [-0.39, 0.29) is 0 Å². The number of benzene rings is 2. The van der Waals surface area contributed by atoms with E-state index >= 15 is 0 Å². The van der Waals surface area contributed by atoms with Gasteiger partial charge in [0, 0.05) is 19.3 Å². The summed E-state index contributed by atoms with van der Waals surface area (Å²) >= 11 is 1.68. The number of thioether (sulfide) groups is 1. The molecule has 0 amide bonds. The van der Waals surface area contributed by atoms with Crippen molar-refractivity contribution in [3.05, 3.63) is 71.0 Å². The van der Waals surface area contributed by atoms with Gasteiger partial charge < -0.3 is 4.74 Å². The van der Waals surface area contributed by atoms with Crippen LogP contribution < -0.4 is 0 Å². The van der Waals surface area contributed by atoms with Gasteiger partial charge in [0.25, 0.3) is 0 Å². The van der Waals surface area contributed by atoms with Gasteiger partial charge in [-0.3, -0.25) is 4.57 Å². The summed E-state index contributed by atoms with van der Waals surface area (Å²) in [6, 6.07) is 16.9. The first-order valence-corrected chi connectivity index (χ1v) is 9.35. The fraction of sp³-hybridized carbons (Fsp3) is 0.300. The Hall–Kier alpha value is -2.11.